The van der Waals surface area contributed by atoms with Crippen LogP contribution in [0.25, 0.3) is 16.9 Å². The Kier molecular flexibility index (Phi) is 5.38. The minimum Gasteiger partial charge on any atom is -0.373 e. The maximum Gasteiger partial charge on any atom is 0.294 e. The molecular weight excluding hydrogens is 466 g/mol. The van der Waals surface area contributed by atoms with Gasteiger partial charge in [0, 0.05) is 36.0 Å². The number of nitrogens with zero attached hydrogens (tertiary/aromatic N) is 6. The van der Waals surface area contributed by atoms with Gasteiger partial charge in [-0.05, 0) is 50.8 Å². The van der Waals surface area contributed by atoms with Gasteiger partial charge in [0.05, 0.1) is 41.4 Å². The second kappa shape index (κ2) is 8.60. The number of ether oxygens (including phenoxy) is 1. The first-order valence-electron chi connectivity index (χ1n) is 11.9. The van der Waals surface area contributed by atoms with Gasteiger partial charge in [0.15, 0.2) is 5.65 Å². The molecule has 36 heavy (non-hydrogen) atoms. The van der Waals surface area contributed by atoms with Crippen LogP contribution in [-0.4, -0.2) is 30.8 Å². The fraction of sp³-hybridized carbons (Fsp3) is 0.346. The fourth-order valence-corrected chi connectivity index (χ4v) is 4.76. The minimum atomic E-state index is -0.965. The summed E-state index contributed by atoms with van der Waals surface area (Å²) in [7, 11) is 0. The van der Waals surface area contributed by atoms with Gasteiger partial charge in [-0.15, -0.1) is 0 Å². The zero-order chi connectivity index (χ0) is 25.0. The van der Waals surface area contributed by atoms with Crippen LogP contribution in [0.3, 0.4) is 0 Å². The number of nitriles is 1. The molecule has 0 radical (unpaired) electrons. The van der Waals surface area contributed by atoms with Gasteiger partial charge in [0.1, 0.15) is 11.5 Å². The summed E-state index contributed by atoms with van der Waals surface area (Å²) in [5.41, 5.74) is 0.959. The van der Waals surface area contributed by atoms with Gasteiger partial charge >= 0.3 is 0 Å². The van der Waals surface area contributed by atoms with Crippen molar-refractivity contribution in [1.29, 1.82) is 5.26 Å². The Morgan fingerprint density at radius 1 is 1.17 bits per heavy atom. The van der Waals surface area contributed by atoms with Gasteiger partial charge in [-0.25, -0.2) is 14.4 Å². The number of halogens is 2. The summed E-state index contributed by atoms with van der Waals surface area (Å²) in [6.07, 6.45) is 8.62. The third kappa shape index (κ3) is 3.85. The van der Waals surface area contributed by atoms with E-state index < -0.39 is 17.2 Å². The molecule has 0 amide bonds. The van der Waals surface area contributed by atoms with Gasteiger partial charge in [-0.1, -0.05) is 0 Å². The third-order valence-electron chi connectivity index (χ3n) is 6.91. The molecule has 4 heterocycles. The van der Waals surface area contributed by atoms with Crippen LogP contribution in [0.1, 0.15) is 66.3 Å². The van der Waals surface area contributed by atoms with Crippen molar-refractivity contribution in [2.45, 2.75) is 50.7 Å². The first-order valence-corrected chi connectivity index (χ1v) is 11.9. The average molecular weight is 488 g/mol. The average Bonchev–Trinajstić information content (AvgIpc) is 3.63. The largest absolute Gasteiger partial charge is 0.373 e. The van der Waals surface area contributed by atoms with E-state index in [1.54, 1.807) is 0 Å². The summed E-state index contributed by atoms with van der Waals surface area (Å²) in [4.78, 5) is 21.8. The van der Waals surface area contributed by atoms with E-state index in [1.165, 1.54) is 25.3 Å². The highest BCUT2D eigenvalue weighted by atomic mass is 19.1. The Morgan fingerprint density at radius 2 is 2.00 bits per heavy atom. The molecule has 0 N–H and O–H groups in total. The van der Waals surface area contributed by atoms with Gasteiger partial charge in [-0.2, -0.15) is 14.8 Å². The summed E-state index contributed by atoms with van der Waals surface area (Å²) < 4.78 is 38.7. The molecule has 2 atom stereocenters. The number of hydrogen-bond donors (Lipinski definition) is 0. The van der Waals surface area contributed by atoms with Gasteiger partial charge in [0.2, 0.25) is 5.82 Å². The van der Waals surface area contributed by atoms with Crippen molar-refractivity contribution in [3.8, 4) is 17.3 Å². The van der Waals surface area contributed by atoms with Crippen molar-refractivity contribution in [1.82, 2.24) is 24.1 Å². The summed E-state index contributed by atoms with van der Waals surface area (Å²) in [6.45, 7) is 1.86. The van der Waals surface area contributed by atoms with Crippen molar-refractivity contribution in [3.05, 3.63) is 81.3 Å². The molecule has 2 aliphatic rings. The summed E-state index contributed by atoms with van der Waals surface area (Å²) in [6, 6.07) is 6.38. The van der Waals surface area contributed by atoms with Crippen LogP contribution < -0.4 is 5.56 Å². The van der Waals surface area contributed by atoms with Crippen molar-refractivity contribution < 1.29 is 13.5 Å². The lowest BCUT2D eigenvalue weighted by Crippen LogP contribution is -2.24. The Morgan fingerprint density at radius 3 is 2.75 bits per heavy atom. The maximum absolute atomic E-state index is 15.1. The maximum atomic E-state index is 15.1. The number of fused-ring (bicyclic) bond motifs is 1. The van der Waals surface area contributed by atoms with Gasteiger partial charge in [-0.3, -0.25) is 13.9 Å². The highest BCUT2D eigenvalue weighted by molar-refractivity contribution is 5.74. The lowest BCUT2D eigenvalue weighted by Gasteiger charge is -2.29. The number of rotatable bonds is 4. The van der Waals surface area contributed by atoms with E-state index in [0.717, 1.165) is 28.9 Å². The van der Waals surface area contributed by atoms with Crippen LogP contribution in [-0.2, 0) is 4.74 Å². The predicted octanol–water partition coefficient (Wildman–Crippen LogP) is 4.38. The minimum absolute atomic E-state index is 0.0561. The Bertz CT molecular complexity index is 1600. The molecule has 4 aromatic rings. The zero-order valence-electron chi connectivity index (χ0n) is 19.5. The standard InChI is InChI=1S/C26H22F2N6O2/c1-14-23(28)26(35)33-13-21(32-24(25(33)31-14)19-5-2-15(10-29)8-20(19)27)16-6-7-36-22(9-16)17-11-30-34(12-17)18-3-4-18/h2,5,8,11-13,16,18,22H,3-4,6-7,9H2,1H3. The predicted molar refractivity (Wildman–Crippen MR) is 125 cm³/mol. The Balaban J connectivity index is 1.45. The molecular formula is C26H22F2N6O2. The lowest BCUT2D eigenvalue weighted by atomic mass is 9.90. The number of hydrogen-bond acceptors (Lipinski definition) is 6. The summed E-state index contributed by atoms with van der Waals surface area (Å²) in [5.74, 6) is -1.75. The number of aromatic nitrogens is 5. The van der Waals surface area contributed by atoms with Crippen LogP contribution in [0.15, 0.2) is 41.6 Å². The first kappa shape index (κ1) is 22.5. The number of benzene rings is 1. The lowest BCUT2D eigenvalue weighted by molar-refractivity contribution is 0.00454. The second-order valence-electron chi connectivity index (χ2n) is 9.40. The molecule has 0 spiro atoms. The van der Waals surface area contributed by atoms with Crippen LogP contribution in [0.5, 0.6) is 0 Å². The van der Waals surface area contributed by atoms with Crippen molar-refractivity contribution in [2.75, 3.05) is 6.61 Å². The quantitative estimate of drug-likeness (QED) is 0.423. The number of aryl methyl sites for hydroxylation is 1. The van der Waals surface area contributed by atoms with Crippen LogP contribution in [0.4, 0.5) is 8.78 Å². The van der Waals surface area contributed by atoms with Crippen molar-refractivity contribution in [2.24, 2.45) is 0 Å². The molecule has 3 aromatic heterocycles. The zero-order valence-corrected chi connectivity index (χ0v) is 19.5. The smallest absolute Gasteiger partial charge is 0.294 e. The fourth-order valence-electron chi connectivity index (χ4n) is 4.76. The highest BCUT2D eigenvalue weighted by Gasteiger charge is 2.30. The Hall–Kier alpha value is -3.97. The summed E-state index contributed by atoms with van der Waals surface area (Å²) >= 11 is 0. The van der Waals surface area contributed by atoms with Crippen LogP contribution >= 0.6 is 0 Å². The monoisotopic (exact) mass is 488 g/mol. The molecule has 8 nitrogen and oxygen atoms in total. The molecule has 1 aliphatic heterocycles. The van der Waals surface area contributed by atoms with Gasteiger partial charge < -0.3 is 4.74 Å². The van der Waals surface area contributed by atoms with Crippen LogP contribution in [0.2, 0.25) is 0 Å². The molecule has 1 aromatic carbocycles. The van der Waals surface area contributed by atoms with E-state index in [9.17, 15) is 9.18 Å². The van der Waals surface area contributed by atoms with Gasteiger partial charge in [0.25, 0.3) is 5.56 Å². The van der Waals surface area contributed by atoms with E-state index >= 15 is 4.39 Å². The summed E-state index contributed by atoms with van der Waals surface area (Å²) in [5, 5.41) is 13.6. The van der Waals surface area contributed by atoms with E-state index in [0.29, 0.717) is 31.2 Å². The van der Waals surface area contributed by atoms with E-state index in [2.05, 4.69) is 10.1 Å². The van der Waals surface area contributed by atoms with E-state index in [-0.39, 0.29) is 40.2 Å². The normalized spacial score (nSPS) is 19.9. The SMILES string of the molecule is Cc1nc2c(-c3ccc(C#N)cc3F)nc(C3CCOC(c4cnn(C5CC5)c4)C3)cn2c(=O)c1F. The second-order valence-corrected chi connectivity index (χ2v) is 9.40. The highest BCUT2D eigenvalue weighted by Crippen LogP contribution is 2.40. The van der Waals surface area contributed by atoms with E-state index in [4.69, 9.17) is 15.0 Å². The molecule has 1 saturated heterocycles. The van der Waals surface area contributed by atoms with Crippen LogP contribution in [0, 0.1) is 29.9 Å². The Labute approximate surface area is 204 Å². The van der Waals surface area contributed by atoms with Crippen molar-refractivity contribution >= 4 is 5.65 Å². The molecule has 1 saturated carbocycles. The molecule has 2 fully saturated rings. The molecule has 182 valence electrons. The molecule has 6 rings (SSSR count). The third-order valence-corrected chi connectivity index (χ3v) is 6.91. The topological polar surface area (TPSA) is 98.1 Å². The van der Waals surface area contributed by atoms with E-state index in [1.807, 2.05) is 23.1 Å². The first-order chi connectivity index (χ1) is 17.4. The van der Waals surface area contributed by atoms with Crippen molar-refractivity contribution in [3.63, 3.8) is 0 Å². The molecule has 1 aliphatic carbocycles. The molecule has 2 unspecified atom stereocenters. The molecule has 10 heteroatoms. The molecule has 0 bridgehead atoms.